The SMILES string of the molecule is CS(=O)(=O)N1N=C(c2ccc(Cl)c(F)c2)C[C@@H]1c1cccs1. The summed E-state index contributed by atoms with van der Waals surface area (Å²) in [5.41, 5.74) is 1.06. The lowest BCUT2D eigenvalue weighted by molar-refractivity contribution is 0.379. The van der Waals surface area contributed by atoms with Crippen LogP contribution in [0.25, 0.3) is 0 Å². The molecule has 116 valence electrons. The Hall–Kier alpha value is -1.44. The molecule has 0 unspecified atom stereocenters. The molecule has 0 fully saturated rings. The smallest absolute Gasteiger partial charge is 0.205 e. The van der Waals surface area contributed by atoms with E-state index in [1.165, 1.54) is 23.5 Å². The monoisotopic (exact) mass is 358 g/mol. The number of hydrogen-bond acceptors (Lipinski definition) is 4. The molecule has 2 aromatic rings. The predicted molar refractivity (Wildman–Crippen MR) is 86.3 cm³/mol. The molecule has 1 aliphatic heterocycles. The molecule has 1 aromatic heterocycles. The van der Waals surface area contributed by atoms with E-state index in [0.29, 0.717) is 17.7 Å². The summed E-state index contributed by atoms with van der Waals surface area (Å²) in [5, 5.41) is 6.11. The van der Waals surface area contributed by atoms with Crippen LogP contribution in [0, 0.1) is 5.82 Å². The number of halogens is 2. The summed E-state index contributed by atoms with van der Waals surface area (Å²) in [6.45, 7) is 0. The molecule has 0 saturated carbocycles. The number of thiophene rings is 1. The molecule has 8 heteroatoms. The zero-order valence-corrected chi connectivity index (χ0v) is 13.9. The molecule has 1 aliphatic rings. The third kappa shape index (κ3) is 2.88. The minimum atomic E-state index is -3.50. The number of hydrazone groups is 1. The van der Waals surface area contributed by atoms with E-state index in [0.717, 1.165) is 15.5 Å². The van der Waals surface area contributed by atoms with E-state index in [-0.39, 0.29) is 11.1 Å². The molecule has 0 saturated heterocycles. The van der Waals surface area contributed by atoms with Gasteiger partial charge in [-0.05, 0) is 23.6 Å². The second kappa shape index (κ2) is 5.64. The molecule has 1 aromatic carbocycles. The molecule has 0 amide bonds. The highest BCUT2D eigenvalue weighted by atomic mass is 35.5. The van der Waals surface area contributed by atoms with Crippen molar-refractivity contribution in [1.29, 1.82) is 0 Å². The van der Waals surface area contributed by atoms with E-state index in [1.54, 1.807) is 6.07 Å². The molecule has 0 spiro atoms. The quantitative estimate of drug-likeness (QED) is 0.840. The van der Waals surface area contributed by atoms with Crippen LogP contribution in [0.2, 0.25) is 5.02 Å². The van der Waals surface area contributed by atoms with Crippen molar-refractivity contribution in [1.82, 2.24) is 4.41 Å². The van der Waals surface area contributed by atoms with E-state index in [2.05, 4.69) is 5.10 Å². The second-order valence-electron chi connectivity index (χ2n) is 4.95. The lowest BCUT2D eigenvalue weighted by Gasteiger charge is -2.19. The maximum atomic E-state index is 13.6. The van der Waals surface area contributed by atoms with Crippen molar-refractivity contribution in [2.24, 2.45) is 5.10 Å². The molecular formula is C14H12ClFN2O2S2. The van der Waals surface area contributed by atoms with Gasteiger partial charge in [0.1, 0.15) is 11.9 Å². The van der Waals surface area contributed by atoms with Crippen molar-refractivity contribution in [2.75, 3.05) is 6.26 Å². The van der Waals surface area contributed by atoms with Gasteiger partial charge in [0.2, 0.25) is 10.0 Å². The molecule has 0 N–H and O–H groups in total. The van der Waals surface area contributed by atoms with Gasteiger partial charge in [-0.15, -0.1) is 11.3 Å². The molecule has 3 rings (SSSR count). The van der Waals surface area contributed by atoms with Crippen LogP contribution in [0.4, 0.5) is 4.39 Å². The van der Waals surface area contributed by atoms with Crippen LogP contribution in [-0.4, -0.2) is 24.8 Å². The fourth-order valence-electron chi connectivity index (χ4n) is 2.34. The van der Waals surface area contributed by atoms with Crippen LogP contribution < -0.4 is 0 Å². The average molecular weight is 359 g/mol. The highest BCUT2D eigenvalue weighted by Gasteiger charge is 2.35. The van der Waals surface area contributed by atoms with Crippen LogP contribution in [0.15, 0.2) is 40.8 Å². The maximum absolute atomic E-state index is 13.6. The van der Waals surface area contributed by atoms with Gasteiger partial charge in [0.05, 0.1) is 17.0 Å². The topological polar surface area (TPSA) is 49.7 Å². The number of nitrogens with zero attached hydrogens (tertiary/aromatic N) is 2. The molecular weight excluding hydrogens is 347 g/mol. The van der Waals surface area contributed by atoms with Gasteiger partial charge < -0.3 is 0 Å². The van der Waals surface area contributed by atoms with Crippen molar-refractivity contribution in [3.63, 3.8) is 0 Å². The number of benzene rings is 1. The van der Waals surface area contributed by atoms with Crippen molar-refractivity contribution in [2.45, 2.75) is 12.5 Å². The second-order valence-corrected chi connectivity index (χ2v) is 8.17. The van der Waals surface area contributed by atoms with Gasteiger partial charge in [0, 0.05) is 16.9 Å². The van der Waals surface area contributed by atoms with Gasteiger partial charge in [0.15, 0.2) is 0 Å². The summed E-state index contributed by atoms with van der Waals surface area (Å²) in [6.07, 6.45) is 1.51. The van der Waals surface area contributed by atoms with Crippen molar-refractivity contribution < 1.29 is 12.8 Å². The largest absolute Gasteiger partial charge is 0.247 e. The minimum absolute atomic E-state index is 0.0251. The van der Waals surface area contributed by atoms with Crippen LogP contribution in [0.5, 0.6) is 0 Å². The number of hydrogen-bond donors (Lipinski definition) is 0. The van der Waals surface area contributed by atoms with Crippen molar-refractivity contribution in [3.05, 3.63) is 57.0 Å². The van der Waals surface area contributed by atoms with Crippen LogP contribution in [0.1, 0.15) is 22.9 Å². The normalized spacial score (nSPS) is 18.6. The lowest BCUT2D eigenvalue weighted by atomic mass is 10.0. The standard InChI is InChI=1S/C14H12ClFN2O2S2/c1-22(19,20)18-13(14-3-2-6-21-14)8-12(17-18)9-4-5-10(15)11(16)7-9/h2-7,13H,8H2,1H3/t13-/m1/s1. The third-order valence-electron chi connectivity index (χ3n) is 3.34. The summed E-state index contributed by atoms with van der Waals surface area (Å²) in [7, 11) is -3.50. The van der Waals surface area contributed by atoms with E-state index in [9.17, 15) is 12.8 Å². The summed E-state index contributed by atoms with van der Waals surface area (Å²) in [5.74, 6) is -0.549. The van der Waals surface area contributed by atoms with Crippen LogP contribution in [0.3, 0.4) is 0 Å². The van der Waals surface area contributed by atoms with E-state index in [4.69, 9.17) is 11.6 Å². The van der Waals surface area contributed by atoms with E-state index < -0.39 is 15.8 Å². The van der Waals surface area contributed by atoms with Crippen LogP contribution in [-0.2, 0) is 10.0 Å². The molecule has 2 heterocycles. The van der Waals surface area contributed by atoms with Gasteiger partial charge in [0.25, 0.3) is 0 Å². The fourth-order valence-corrected chi connectivity index (χ4v) is 4.23. The molecule has 0 bridgehead atoms. The third-order valence-corrected chi connectivity index (χ3v) is 5.63. The highest BCUT2D eigenvalue weighted by molar-refractivity contribution is 7.88. The van der Waals surface area contributed by atoms with Gasteiger partial charge in [-0.3, -0.25) is 0 Å². The highest BCUT2D eigenvalue weighted by Crippen LogP contribution is 2.36. The predicted octanol–water partition coefficient (Wildman–Crippen LogP) is 3.65. The minimum Gasteiger partial charge on any atom is -0.205 e. The maximum Gasteiger partial charge on any atom is 0.247 e. The van der Waals surface area contributed by atoms with Gasteiger partial charge in [-0.2, -0.15) is 9.52 Å². The van der Waals surface area contributed by atoms with Gasteiger partial charge in [-0.1, -0.05) is 23.7 Å². The first kappa shape index (κ1) is 15.5. The number of rotatable bonds is 3. The van der Waals surface area contributed by atoms with E-state index >= 15 is 0 Å². The summed E-state index contributed by atoms with van der Waals surface area (Å²) in [4.78, 5) is 0.901. The first-order valence-electron chi connectivity index (χ1n) is 6.42. The van der Waals surface area contributed by atoms with E-state index in [1.807, 2.05) is 17.5 Å². The van der Waals surface area contributed by atoms with Crippen molar-refractivity contribution in [3.8, 4) is 0 Å². The molecule has 0 aliphatic carbocycles. The zero-order chi connectivity index (χ0) is 15.9. The Balaban J connectivity index is 2.01. The Labute approximate surface area is 136 Å². The van der Waals surface area contributed by atoms with Crippen LogP contribution >= 0.6 is 22.9 Å². The Kier molecular flexibility index (Phi) is 3.96. The molecule has 22 heavy (non-hydrogen) atoms. The zero-order valence-electron chi connectivity index (χ0n) is 11.5. The van der Waals surface area contributed by atoms with Gasteiger partial charge >= 0.3 is 0 Å². The average Bonchev–Trinajstić information content (AvgIpc) is 3.08. The first-order chi connectivity index (χ1) is 10.4. The Morgan fingerprint density at radius 1 is 1.41 bits per heavy atom. The molecule has 0 radical (unpaired) electrons. The van der Waals surface area contributed by atoms with Gasteiger partial charge in [-0.25, -0.2) is 12.8 Å². The molecule has 4 nitrogen and oxygen atoms in total. The Morgan fingerprint density at radius 3 is 2.77 bits per heavy atom. The summed E-state index contributed by atoms with van der Waals surface area (Å²) < 4.78 is 38.6. The summed E-state index contributed by atoms with van der Waals surface area (Å²) >= 11 is 7.15. The number of sulfonamides is 1. The Morgan fingerprint density at radius 2 is 2.18 bits per heavy atom. The molecule has 1 atom stereocenters. The van der Waals surface area contributed by atoms with Crippen molar-refractivity contribution >= 4 is 38.7 Å². The first-order valence-corrected chi connectivity index (χ1v) is 9.52. The Bertz CT molecular complexity index is 835. The fraction of sp³-hybridized carbons (Fsp3) is 0.214. The lowest BCUT2D eigenvalue weighted by Crippen LogP contribution is -2.25. The summed E-state index contributed by atoms with van der Waals surface area (Å²) in [6, 6.07) is 7.70.